The smallest absolute Gasteiger partial charge is 0.321 e. The van der Waals surface area contributed by atoms with Crippen molar-refractivity contribution in [2.45, 2.75) is 18.6 Å². The summed E-state index contributed by atoms with van der Waals surface area (Å²) in [5.41, 5.74) is 0.105. The van der Waals surface area contributed by atoms with Crippen LogP contribution < -0.4 is 5.32 Å². The number of carbonyl (C=O) groups excluding carboxylic acids is 1. The summed E-state index contributed by atoms with van der Waals surface area (Å²) < 4.78 is 36.4. The van der Waals surface area contributed by atoms with Crippen molar-refractivity contribution in [3.05, 3.63) is 30.1 Å². The molecule has 1 aromatic carbocycles. The average Bonchev–Trinajstić information content (AvgIpc) is 2.27. The maximum atomic E-state index is 12.9. The maximum absolute atomic E-state index is 12.9. The summed E-state index contributed by atoms with van der Waals surface area (Å²) in [5, 5.41) is 9.37. The lowest BCUT2D eigenvalue weighted by Gasteiger charge is -2.11. The summed E-state index contributed by atoms with van der Waals surface area (Å²) in [4.78, 5) is 22.4. The van der Waals surface area contributed by atoms with Crippen LogP contribution in [-0.2, 0) is 19.4 Å². The molecule has 110 valence electrons. The molecule has 0 aliphatic carbocycles. The van der Waals surface area contributed by atoms with Gasteiger partial charge >= 0.3 is 5.97 Å². The first-order chi connectivity index (χ1) is 9.26. The van der Waals surface area contributed by atoms with Crippen LogP contribution in [0.25, 0.3) is 0 Å². The third-order valence-corrected chi connectivity index (χ3v) is 4.59. The summed E-state index contributed by atoms with van der Waals surface area (Å²) in [6, 6.07) is 4.94. The van der Waals surface area contributed by atoms with E-state index < -0.39 is 38.5 Å². The second kappa shape index (κ2) is 6.47. The van der Waals surface area contributed by atoms with Crippen molar-refractivity contribution < 1.29 is 27.5 Å². The molecule has 1 atom stereocenters. The van der Waals surface area contributed by atoms with Gasteiger partial charge in [0.15, 0.2) is 15.1 Å². The largest absolute Gasteiger partial charge is 0.480 e. The number of nitrogens with one attached hydrogen (secondary N) is 1. The van der Waals surface area contributed by atoms with Crippen molar-refractivity contribution in [1.82, 2.24) is 0 Å². The van der Waals surface area contributed by atoms with E-state index in [1.54, 1.807) is 0 Å². The predicted molar refractivity (Wildman–Crippen MR) is 70.5 cm³/mol. The highest BCUT2D eigenvalue weighted by Gasteiger charge is 2.32. The SMILES string of the molecule is CCC(C(=O)O)S(=O)(=O)CC(=O)Nc1cccc(F)c1. The molecule has 0 saturated heterocycles. The lowest BCUT2D eigenvalue weighted by atomic mass is 10.3. The van der Waals surface area contributed by atoms with Crippen LogP contribution in [0.2, 0.25) is 0 Å². The molecule has 0 bridgehead atoms. The molecule has 0 saturated carbocycles. The van der Waals surface area contributed by atoms with Gasteiger partial charge in [-0.15, -0.1) is 0 Å². The highest BCUT2D eigenvalue weighted by Crippen LogP contribution is 2.11. The minimum Gasteiger partial charge on any atom is -0.480 e. The Morgan fingerprint density at radius 1 is 1.40 bits per heavy atom. The third kappa shape index (κ3) is 4.30. The normalized spacial score (nSPS) is 12.7. The zero-order valence-corrected chi connectivity index (χ0v) is 11.5. The van der Waals surface area contributed by atoms with Crippen molar-refractivity contribution >= 4 is 27.4 Å². The Morgan fingerprint density at radius 3 is 2.55 bits per heavy atom. The summed E-state index contributed by atoms with van der Waals surface area (Å²) in [7, 11) is -4.11. The molecule has 0 aliphatic heterocycles. The molecule has 0 heterocycles. The van der Waals surface area contributed by atoms with Gasteiger partial charge in [-0.25, -0.2) is 12.8 Å². The van der Waals surface area contributed by atoms with E-state index in [9.17, 15) is 22.4 Å². The molecule has 0 aliphatic rings. The van der Waals surface area contributed by atoms with Crippen molar-refractivity contribution in [2.24, 2.45) is 0 Å². The summed E-state index contributed by atoms with van der Waals surface area (Å²) >= 11 is 0. The maximum Gasteiger partial charge on any atom is 0.321 e. The predicted octanol–water partition coefficient (Wildman–Crippen LogP) is 1.04. The van der Waals surface area contributed by atoms with Gasteiger partial charge in [-0.3, -0.25) is 9.59 Å². The topological polar surface area (TPSA) is 101 Å². The van der Waals surface area contributed by atoms with E-state index in [0.717, 1.165) is 6.07 Å². The van der Waals surface area contributed by atoms with Crippen LogP contribution in [0.3, 0.4) is 0 Å². The van der Waals surface area contributed by atoms with E-state index in [0.29, 0.717) is 0 Å². The van der Waals surface area contributed by atoms with Crippen molar-refractivity contribution in [1.29, 1.82) is 0 Å². The molecule has 0 aromatic heterocycles. The Hall–Kier alpha value is -1.96. The van der Waals surface area contributed by atoms with E-state index in [4.69, 9.17) is 5.11 Å². The number of aliphatic carboxylic acids is 1. The molecule has 0 fully saturated rings. The van der Waals surface area contributed by atoms with Gasteiger partial charge < -0.3 is 10.4 Å². The van der Waals surface area contributed by atoms with Crippen LogP contribution in [-0.4, -0.2) is 36.4 Å². The summed E-state index contributed by atoms with van der Waals surface area (Å²) in [6.07, 6.45) is -0.134. The minimum absolute atomic E-state index is 0.105. The van der Waals surface area contributed by atoms with E-state index >= 15 is 0 Å². The molecular weight excluding hydrogens is 289 g/mol. The van der Waals surface area contributed by atoms with Crippen LogP contribution in [0.5, 0.6) is 0 Å². The molecule has 0 spiro atoms. The second-order valence-corrected chi connectivity index (χ2v) is 6.28. The second-order valence-electron chi connectivity index (χ2n) is 4.10. The first kappa shape index (κ1) is 16.1. The first-order valence-corrected chi connectivity index (χ1v) is 7.47. The van der Waals surface area contributed by atoms with Crippen LogP contribution in [0, 0.1) is 5.82 Å². The minimum atomic E-state index is -4.11. The van der Waals surface area contributed by atoms with Crippen molar-refractivity contribution in [3.63, 3.8) is 0 Å². The van der Waals surface area contributed by atoms with Crippen LogP contribution in [0.4, 0.5) is 10.1 Å². The van der Waals surface area contributed by atoms with Gasteiger partial charge in [0.2, 0.25) is 5.91 Å². The number of hydrogen-bond acceptors (Lipinski definition) is 4. The summed E-state index contributed by atoms with van der Waals surface area (Å²) in [5.74, 6) is -3.95. The molecule has 1 rings (SSSR count). The number of benzene rings is 1. The zero-order chi connectivity index (χ0) is 15.3. The zero-order valence-electron chi connectivity index (χ0n) is 10.7. The van der Waals surface area contributed by atoms with Gasteiger partial charge in [0.1, 0.15) is 11.6 Å². The monoisotopic (exact) mass is 303 g/mol. The molecule has 2 N–H and O–H groups in total. The lowest BCUT2D eigenvalue weighted by Crippen LogP contribution is -2.35. The van der Waals surface area contributed by atoms with Gasteiger partial charge in [0, 0.05) is 5.69 Å². The summed E-state index contributed by atoms with van der Waals surface area (Å²) in [6.45, 7) is 1.40. The quantitative estimate of drug-likeness (QED) is 0.818. The number of anilines is 1. The Labute approximate surface area is 115 Å². The molecule has 1 aromatic rings. The highest BCUT2D eigenvalue weighted by atomic mass is 32.2. The Balaban J connectivity index is 2.78. The van der Waals surface area contributed by atoms with Gasteiger partial charge in [-0.1, -0.05) is 13.0 Å². The van der Waals surface area contributed by atoms with Gasteiger partial charge in [-0.05, 0) is 24.6 Å². The fourth-order valence-electron chi connectivity index (χ4n) is 1.63. The molecule has 20 heavy (non-hydrogen) atoms. The van der Waals surface area contributed by atoms with Crippen LogP contribution >= 0.6 is 0 Å². The third-order valence-electron chi connectivity index (χ3n) is 2.52. The fourth-order valence-corrected chi connectivity index (χ4v) is 3.08. The number of rotatable bonds is 6. The highest BCUT2D eigenvalue weighted by molar-refractivity contribution is 7.93. The van der Waals surface area contributed by atoms with E-state index in [-0.39, 0.29) is 12.1 Å². The van der Waals surface area contributed by atoms with Crippen molar-refractivity contribution in [3.8, 4) is 0 Å². The first-order valence-electron chi connectivity index (χ1n) is 5.76. The average molecular weight is 303 g/mol. The molecule has 6 nitrogen and oxygen atoms in total. The number of sulfone groups is 1. The molecule has 8 heteroatoms. The molecular formula is C12H14FNO5S. The standard InChI is InChI=1S/C12H14FNO5S/c1-2-10(12(16)17)20(18,19)7-11(15)14-9-5-3-4-8(13)6-9/h3-6,10H,2,7H2,1H3,(H,14,15)(H,16,17). The number of carbonyl (C=O) groups is 2. The fraction of sp³-hybridized carbons (Fsp3) is 0.333. The Kier molecular flexibility index (Phi) is 5.20. The number of amides is 1. The van der Waals surface area contributed by atoms with Gasteiger partial charge in [0.05, 0.1) is 0 Å². The van der Waals surface area contributed by atoms with Crippen LogP contribution in [0.1, 0.15) is 13.3 Å². The number of carboxylic acid groups (broad SMARTS) is 1. The van der Waals surface area contributed by atoms with E-state index in [1.807, 2.05) is 0 Å². The van der Waals surface area contributed by atoms with Gasteiger partial charge in [0.25, 0.3) is 0 Å². The number of halogens is 1. The van der Waals surface area contributed by atoms with E-state index in [1.165, 1.54) is 25.1 Å². The Bertz CT molecular complexity index is 614. The van der Waals surface area contributed by atoms with E-state index in [2.05, 4.69) is 5.32 Å². The number of carboxylic acids is 1. The lowest BCUT2D eigenvalue weighted by molar-refractivity contribution is -0.136. The van der Waals surface area contributed by atoms with Gasteiger partial charge in [-0.2, -0.15) is 0 Å². The van der Waals surface area contributed by atoms with Crippen molar-refractivity contribution in [2.75, 3.05) is 11.1 Å². The number of hydrogen-bond donors (Lipinski definition) is 2. The molecule has 1 unspecified atom stereocenters. The molecule has 1 amide bonds. The Morgan fingerprint density at radius 2 is 2.05 bits per heavy atom. The van der Waals surface area contributed by atoms with Crippen LogP contribution in [0.15, 0.2) is 24.3 Å². The molecule has 0 radical (unpaired) electrons.